The Hall–Kier alpha value is -0.610. The first-order chi connectivity index (χ1) is 8.59. The molecule has 0 bridgehead atoms. The zero-order valence-corrected chi connectivity index (χ0v) is 11.6. The van der Waals surface area contributed by atoms with Crippen molar-refractivity contribution in [1.82, 2.24) is 15.1 Å². The summed E-state index contributed by atoms with van der Waals surface area (Å²) in [6, 6.07) is 0. The van der Waals surface area contributed by atoms with Gasteiger partial charge in [0.15, 0.2) is 0 Å². The van der Waals surface area contributed by atoms with Gasteiger partial charge in [0.25, 0.3) is 0 Å². The van der Waals surface area contributed by atoms with E-state index in [1.54, 1.807) is 0 Å². The summed E-state index contributed by atoms with van der Waals surface area (Å²) >= 11 is 0. The van der Waals surface area contributed by atoms with Crippen LogP contribution < -0.4 is 5.32 Å². The molecule has 1 saturated carbocycles. The standard InChI is InChI=1S/C14H25N3O/c1-14(2)11-9-16(10-12(11)14)6-3-13(18)17-7-4-15-5-8-17/h11-12,15H,3-10H2,1-2H3. The molecule has 0 radical (unpaired) electrons. The summed E-state index contributed by atoms with van der Waals surface area (Å²) in [5.74, 6) is 2.13. The van der Waals surface area contributed by atoms with Gasteiger partial charge in [-0.25, -0.2) is 0 Å². The molecule has 2 heterocycles. The van der Waals surface area contributed by atoms with Gasteiger partial charge in [-0.1, -0.05) is 13.8 Å². The fourth-order valence-corrected chi connectivity index (χ4v) is 3.72. The van der Waals surface area contributed by atoms with Gasteiger partial charge in [-0.2, -0.15) is 0 Å². The van der Waals surface area contributed by atoms with Crippen LogP contribution in [0, 0.1) is 17.3 Å². The Bertz CT molecular complexity index is 322. The number of nitrogens with zero attached hydrogens (tertiary/aromatic N) is 2. The van der Waals surface area contributed by atoms with Gasteiger partial charge in [0, 0.05) is 52.2 Å². The number of piperazine rings is 1. The van der Waals surface area contributed by atoms with E-state index < -0.39 is 0 Å². The van der Waals surface area contributed by atoms with Crippen LogP contribution in [0.25, 0.3) is 0 Å². The molecule has 0 aromatic heterocycles. The molecule has 0 spiro atoms. The van der Waals surface area contributed by atoms with Crippen LogP contribution in [0.1, 0.15) is 20.3 Å². The summed E-state index contributed by atoms with van der Waals surface area (Å²) in [4.78, 5) is 16.5. The Labute approximate surface area is 110 Å². The number of likely N-dealkylation sites (tertiary alicyclic amines) is 1. The second kappa shape index (κ2) is 4.49. The minimum atomic E-state index is 0.344. The van der Waals surface area contributed by atoms with Gasteiger partial charge in [0.1, 0.15) is 0 Å². The highest BCUT2D eigenvalue weighted by atomic mass is 16.2. The molecular formula is C14H25N3O. The van der Waals surface area contributed by atoms with Crippen LogP contribution in [0.5, 0.6) is 0 Å². The summed E-state index contributed by atoms with van der Waals surface area (Å²) in [6.45, 7) is 11.8. The van der Waals surface area contributed by atoms with Crippen LogP contribution >= 0.6 is 0 Å². The molecule has 1 aliphatic carbocycles. The molecular weight excluding hydrogens is 226 g/mol. The predicted octanol–water partition coefficient (Wildman–Crippen LogP) is 0.396. The molecule has 3 rings (SSSR count). The molecule has 1 amide bonds. The SMILES string of the molecule is CC1(C)C2CN(CCC(=O)N3CCNCC3)CC21. The normalized spacial score (nSPS) is 34.4. The van der Waals surface area contributed by atoms with Crippen molar-refractivity contribution >= 4 is 5.91 Å². The molecule has 4 nitrogen and oxygen atoms in total. The van der Waals surface area contributed by atoms with Crippen LogP contribution in [0.3, 0.4) is 0 Å². The number of fused-ring (bicyclic) bond motifs is 1. The van der Waals surface area contributed by atoms with Crippen molar-refractivity contribution in [3.05, 3.63) is 0 Å². The van der Waals surface area contributed by atoms with Crippen LogP contribution in [0.15, 0.2) is 0 Å². The maximum Gasteiger partial charge on any atom is 0.223 e. The van der Waals surface area contributed by atoms with Crippen molar-refractivity contribution in [2.75, 3.05) is 45.8 Å². The summed E-state index contributed by atoms with van der Waals surface area (Å²) in [6.07, 6.45) is 0.708. The lowest BCUT2D eigenvalue weighted by atomic mass is 10.1. The average Bonchev–Trinajstić information content (AvgIpc) is 2.78. The third kappa shape index (κ3) is 2.16. The Morgan fingerprint density at radius 3 is 2.44 bits per heavy atom. The maximum absolute atomic E-state index is 12.0. The first-order valence-corrected chi connectivity index (χ1v) is 7.30. The lowest BCUT2D eigenvalue weighted by Gasteiger charge is -2.28. The van der Waals surface area contributed by atoms with E-state index in [9.17, 15) is 4.79 Å². The first-order valence-electron chi connectivity index (χ1n) is 7.30. The van der Waals surface area contributed by atoms with E-state index in [4.69, 9.17) is 0 Å². The van der Waals surface area contributed by atoms with Gasteiger partial charge in [0.05, 0.1) is 0 Å². The van der Waals surface area contributed by atoms with E-state index in [-0.39, 0.29) is 0 Å². The molecule has 18 heavy (non-hydrogen) atoms. The lowest BCUT2D eigenvalue weighted by molar-refractivity contribution is -0.132. The Morgan fingerprint density at radius 2 is 1.83 bits per heavy atom. The van der Waals surface area contributed by atoms with Crippen molar-refractivity contribution in [3.63, 3.8) is 0 Å². The summed E-state index contributed by atoms with van der Waals surface area (Å²) in [5, 5.41) is 3.28. The number of carbonyl (C=O) groups is 1. The van der Waals surface area contributed by atoms with Crippen LogP contribution in [0.4, 0.5) is 0 Å². The van der Waals surface area contributed by atoms with Gasteiger partial charge in [-0.15, -0.1) is 0 Å². The highest BCUT2D eigenvalue weighted by Gasteiger charge is 2.61. The average molecular weight is 251 g/mol. The minimum Gasteiger partial charge on any atom is -0.340 e. The Balaban J connectivity index is 1.39. The van der Waals surface area contributed by atoms with Gasteiger partial charge < -0.3 is 15.1 Å². The van der Waals surface area contributed by atoms with Gasteiger partial charge in [0.2, 0.25) is 5.91 Å². The van der Waals surface area contributed by atoms with E-state index in [0.29, 0.717) is 17.7 Å². The molecule has 0 aromatic rings. The van der Waals surface area contributed by atoms with E-state index in [1.165, 1.54) is 13.1 Å². The van der Waals surface area contributed by atoms with Crippen molar-refractivity contribution in [2.45, 2.75) is 20.3 Å². The van der Waals surface area contributed by atoms with E-state index in [2.05, 4.69) is 24.1 Å². The van der Waals surface area contributed by atoms with Crippen molar-refractivity contribution in [2.24, 2.45) is 17.3 Å². The molecule has 102 valence electrons. The number of nitrogens with one attached hydrogen (secondary N) is 1. The quantitative estimate of drug-likeness (QED) is 0.788. The third-order valence-corrected chi connectivity index (χ3v) is 5.31. The fraction of sp³-hybridized carbons (Fsp3) is 0.929. The second-order valence-corrected chi connectivity index (χ2v) is 6.67. The maximum atomic E-state index is 12.0. The number of rotatable bonds is 3. The van der Waals surface area contributed by atoms with Gasteiger partial charge in [-0.05, 0) is 17.3 Å². The van der Waals surface area contributed by atoms with Crippen LogP contribution in [-0.4, -0.2) is 61.5 Å². The predicted molar refractivity (Wildman–Crippen MR) is 71.3 cm³/mol. The largest absolute Gasteiger partial charge is 0.340 e. The summed E-state index contributed by atoms with van der Waals surface area (Å²) in [5.41, 5.74) is 0.582. The van der Waals surface area contributed by atoms with Crippen molar-refractivity contribution in [3.8, 4) is 0 Å². The van der Waals surface area contributed by atoms with Crippen LogP contribution in [-0.2, 0) is 4.79 Å². The highest BCUT2D eigenvalue weighted by Crippen LogP contribution is 2.61. The molecule has 2 aliphatic heterocycles. The molecule has 0 aromatic carbocycles. The van der Waals surface area contributed by atoms with Gasteiger partial charge in [-0.3, -0.25) is 4.79 Å². The molecule has 2 atom stereocenters. The van der Waals surface area contributed by atoms with Crippen molar-refractivity contribution in [1.29, 1.82) is 0 Å². The molecule has 1 N–H and O–H groups in total. The first kappa shape index (κ1) is 12.4. The zero-order valence-electron chi connectivity index (χ0n) is 11.6. The van der Waals surface area contributed by atoms with Crippen molar-refractivity contribution < 1.29 is 4.79 Å². The zero-order chi connectivity index (χ0) is 12.8. The number of hydrogen-bond acceptors (Lipinski definition) is 3. The summed E-state index contributed by atoms with van der Waals surface area (Å²) < 4.78 is 0. The number of amides is 1. The third-order valence-electron chi connectivity index (χ3n) is 5.31. The van der Waals surface area contributed by atoms with E-state index >= 15 is 0 Å². The summed E-state index contributed by atoms with van der Waals surface area (Å²) in [7, 11) is 0. The highest BCUT2D eigenvalue weighted by molar-refractivity contribution is 5.76. The van der Waals surface area contributed by atoms with E-state index in [0.717, 1.165) is 44.6 Å². The number of hydrogen-bond donors (Lipinski definition) is 1. The number of carbonyl (C=O) groups excluding carboxylic acids is 1. The molecule has 2 saturated heterocycles. The molecule has 3 fully saturated rings. The molecule has 4 heteroatoms. The van der Waals surface area contributed by atoms with E-state index in [1.807, 2.05) is 4.90 Å². The lowest BCUT2D eigenvalue weighted by Crippen LogP contribution is -2.47. The van der Waals surface area contributed by atoms with Gasteiger partial charge >= 0.3 is 0 Å². The van der Waals surface area contributed by atoms with Crippen LogP contribution in [0.2, 0.25) is 0 Å². The second-order valence-electron chi connectivity index (χ2n) is 6.67. The minimum absolute atomic E-state index is 0.344. The Morgan fingerprint density at radius 1 is 1.22 bits per heavy atom. The smallest absolute Gasteiger partial charge is 0.223 e. The molecule has 2 unspecified atom stereocenters. The molecule has 3 aliphatic rings. The number of piperidine rings is 1. The monoisotopic (exact) mass is 251 g/mol. The topological polar surface area (TPSA) is 35.6 Å². The Kier molecular flexibility index (Phi) is 3.10. The fourth-order valence-electron chi connectivity index (χ4n) is 3.72.